The zero-order chi connectivity index (χ0) is 35.9. The highest BCUT2D eigenvalue weighted by atomic mass is 32.3. The molecule has 1 aliphatic rings. The molecule has 1 heterocycles. The number of thioether (sulfide) groups is 1. The fraction of sp³-hybridized carbons (Fsp3) is 0.242. The standard InChI is InChI=1S/C33H32F2N4O8S3/c34-25-9-6-23(7-10-25)29-12-8-24(20-32(29)49(35,43)44)33(40)37-50(45,46)28-11-13-30(31(21-28)39(41)42)36-26(14-15-38-16-18-47-19-17-38)22-48-27-4-2-1-3-5-27/h1-13,20-21,26,36H,14-19,22H2,(H,37,40)/t26-/m1/s1. The largest absolute Gasteiger partial charge is 0.379 e. The number of carbonyl (C=O) groups excluding carboxylic acids is 1. The van der Waals surface area contributed by atoms with Gasteiger partial charge in [0.05, 0.1) is 23.0 Å². The molecule has 0 bridgehead atoms. The van der Waals surface area contributed by atoms with Crippen LogP contribution in [-0.4, -0.2) is 77.2 Å². The summed E-state index contributed by atoms with van der Waals surface area (Å²) in [6.07, 6.45) is 0.629. The smallest absolute Gasteiger partial charge is 0.332 e. The van der Waals surface area contributed by atoms with E-state index in [4.69, 9.17) is 4.74 Å². The maximum atomic E-state index is 14.3. The van der Waals surface area contributed by atoms with Crippen LogP contribution >= 0.6 is 11.8 Å². The van der Waals surface area contributed by atoms with Gasteiger partial charge in [0.15, 0.2) is 0 Å². The number of carbonyl (C=O) groups is 1. The van der Waals surface area contributed by atoms with Crippen molar-refractivity contribution >= 4 is 49.3 Å². The Balaban J connectivity index is 1.36. The minimum absolute atomic E-state index is 0.0788. The summed E-state index contributed by atoms with van der Waals surface area (Å²) in [6.45, 7) is 3.47. The van der Waals surface area contributed by atoms with Crippen molar-refractivity contribution in [1.82, 2.24) is 9.62 Å². The lowest BCUT2D eigenvalue weighted by Crippen LogP contribution is -2.39. The summed E-state index contributed by atoms with van der Waals surface area (Å²) in [6, 6.07) is 19.8. The van der Waals surface area contributed by atoms with Crippen LogP contribution in [0.1, 0.15) is 16.8 Å². The second kappa shape index (κ2) is 16.1. The van der Waals surface area contributed by atoms with Gasteiger partial charge in [-0.15, -0.1) is 15.6 Å². The third-order valence-corrected chi connectivity index (χ3v) is 11.2. The Kier molecular flexibility index (Phi) is 11.8. The van der Waals surface area contributed by atoms with E-state index in [2.05, 4.69) is 10.2 Å². The van der Waals surface area contributed by atoms with E-state index >= 15 is 0 Å². The normalized spacial score (nSPS) is 14.5. The number of amides is 1. The lowest BCUT2D eigenvalue weighted by molar-refractivity contribution is -0.384. The van der Waals surface area contributed by atoms with Crippen LogP contribution in [0.15, 0.2) is 106 Å². The van der Waals surface area contributed by atoms with Crippen molar-refractivity contribution in [3.8, 4) is 11.1 Å². The third kappa shape index (κ3) is 9.63. The molecule has 1 amide bonds. The molecule has 4 aromatic carbocycles. The Morgan fingerprint density at radius 2 is 1.66 bits per heavy atom. The highest BCUT2D eigenvalue weighted by molar-refractivity contribution is 7.99. The van der Waals surface area contributed by atoms with Gasteiger partial charge in [-0.05, 0) is 60.5 Å². The molecule has 5 rings (SSSR count). The Morgan fingerprint density at radius 1 is 0.960 bits per heavy atom. The first-order valence-electron chi connectivity index (χ1n) is 15.2. The first kappa shape index (κ1) is 36.9. The molecular weight excluding hydrogens is 715 g/mol. The van der Waals surface area contributed by atoms with E-state index < -0.39 is 57.9 Å². The van der Waals surface area contributed by atoms with Crippen LogP contribution in [0.2, 0.25) is 0 Å². The molecule has 1 saturated heterocycles. The zero-order valence-corrected chi connectivity index (χ0v) is 28.8. The van der Waals surface area contributed by atoms with Crippen LogP contribution in [0, 0.1) is 15.9 Å². The monoisotopic (exact) mass is 746 g/mol. The number of rotatable bonds is 14. The van der Waals surface area contributed by atoms with Crippen LogP contribution in [0.25, 0.3) is 11.1 Å². The van der Waals surface area contributed by atoms with Crippen molar-refractivity contribution < 1.29 is 39.6 Å². The number of anilines is 1. The first-order valence-corrected chi connectivity index (χ1v) is 19.1. The molecule has 0 aliphatic carbocycles. The summed E-state index contributed by atoms with van der Waals surface area (Å²) in [5, 5.41) is 15.4. The van der Waals surface area contributed by atoms with Gasteiger partial charge in [0, 0.05) is 53.5 Å². The predicted molar refractivity (Wildman–Crippen MR) is 184 cm³/mol. The van der Waals surface area contributed by atoms with Gasteiger partial charge in [0.1, 0.15) is 16.4 Å². The number of benzene rings is 4. The Bertz CT molecular complexity index is 2060. The predicted octanol–water partition coefficient (Wildman–Crippen LogP) is 5.47. The molecule has 4 aromatic rings. The summed E-state index contributed by atoms with van der Waals surface area (Å²) >= 11 is 1.57. The Labute approximate surface area is 292 Å². The quantitative estimate of drug-likeness (QED) is 0.0728. The van der Waals surface area contributed by atoms with Crippen molar-refractivity contribution in [3.05, 3.63) is 112 Å². The SMILES string of the molecule is O=C(NS(=O)(=O)c1ccc(N[C@H](CCN2CCOCC2)CSc2ccccc2)c([N+](=O)[O-])c1)c1ccc(-c2ccc(F)cc2)c(S(=O)(=O)F)c1. The summed E-state index contributed by atoms with van der Waals surface area (Å²) in [4.78, 5) is 26.1. The van der Waals surface area contributed by atoms with E-state index in [1.54, 1.807) is 16.5 Å². The van der Waals surface area contributed by atoms with Gasteiger partial charge < -0.3 is 10.1 Å². The number of ether oxygens (including phenoxy) is 1. The van der Waals surface area contributed by atoms with E-state index in [0.29, 0.717) is 38.0 Å². The maximum Gasteiger partial charge on any atom is 0.332 e. The molecule has 12 nitrogen and oxygen atoms in total. The van der Waals surface area contributed by atoms with Crippen molar-refractivity contribution in [1.29, 1.82) is 0 Å². The number of sulfonamides is 1. The van der Waals surface area contributed by atoms with Gasteiger partial charge in [-0.25, -0.2) is 17.5 Å². The van der Waals surface area contributed by atoms with E-state index in [0.717, 1.165) is 54.4 Å². The Hall–Kier alpha value is -4.42. The van der Waals surface area contributed by atoms with Gasteiger partial charge in [-0.2, -0.15) is 8.42 Å². The van der Waals surface area contributed by atoms with Crippen LogP contribution in [0.4, 0.5) is 19.7 Å². The maximum absolute atomic E-state index is 14.3. The van der Waals surface area contributed by atoms with Gasteiger partial charge in [-0.1, -0.05) is 36.4 Å². The average molecular weight is 747 g/mol. The van der Waals surface area contributed by atoms with Gasteiger partial charge in [0.25, 0.3) is 21.6 Å². The number of nitro benzene ring substituents is 1. The molecule has 17 heteroatoms. The molecule has 0 aromatic heterocycles. The van der Waals surface area contributed by atoms with E-state index in [9.17, 15) is 40.0 Å². The number of morpholine rings is 1. The molecule has 2 N–H and O–H groups in total. The highest BCUT2D eigenvalue weighted by Crippen LogP contribution is 2.32. The van der Waals surface area contributed by atoms with Gasteiger partial charge in [-0.3, -0.25) is 19.8 Å². The number of nitro groups is 1. The first-order chi connectivity index (χ1) is 23.8. The molecule has 50 heavy (non-hydrogen) atoms. The lowest BCUT2D eigenvalue weighted by atomic mass is 10.0. The lowest BCUT2D eigenvalue weighted by Gasteiger charge is -2.29. The zero-order valence-electron chi connectivity index (χ0n) is 26.3. The molecular formula is C33H32F2N4O8S3. The molecule has 264 valence electrons. The summed E-state index contributed by atoms with van der Waals surface area (Å²) in [7, 11) is -10.2. The summed E-state index contributed by atoms with van der Waals surface area (Å²) in [5.41, 5.74) is -1.05. The summed E-state index contributed by atoms with van der Waals surface area (Å²) in [5.74, 6) is -1.38. The topological polar surface area (TPSA) is 165 Å². The van der Waals surface area contributed by atoms with Crippen LogP contribution in [-0.2, 0) is 25.0 Å². The number of hydrogen-bond acceptors (Lipinski definition) is 11. The van der Waals surface area contributed by atoms with Crippen molar-refractivity contribution in [3.63, 3.8) is 0 Å². The Morgan fingerprint density at radius 3 is 2.32 bits per heavy atom. The highest BCUT2D eigenvalue weighted by Gasteiger charge is 2.27. The molecule has 1 atom stereocenters. The summed E-state index contributed by atoms with van der Waals surface area (Å²) < 4.78 is 85.2. The van der Waals surface area contributed by atoms with E-state index in [1.807, 2.05) is 30.3 Å². The third-order valence-electron chi connectivity index (χ3n) is 7.82. The van der Waals surface area contributed by atoms with Crippen molar-refractivity contribution in [2.24, 2.45) is 0 Å². The average Bonchev–Trinajstić information content (AvgIpc) is 3.09. The molecule has 0 radical (unpaired) electrons. The van der Waals surface area contributed by atoms with Crippen molar-refractivity contribution in [2.45, 2.75) is 27.1 Å². The van der Waals surface area contributed by atoms with E-state index in [-0.39, 0.29) is 22.9 Å². The fourth-order valence-electron chi connectivity index (χ4n) is 5.22. The number of nitrogens with zero attached hydrogens (tertiary/aromatic N) is 2. The number of nitrogens with one attached hydrogen (secondary N) is 2. The number of hydrogen-bond donors (Lipinski definition) is 2. The second-order valence-electron chi connectivity index (χ2n) is 11.2. The molecule has 1 aliphatic heterocycles. The number of halogens is 2. The van der Waals surface area contributed by atoms with Crippen LogP contribution < -0.4 is 10.0 Å². The molecule has 0 unspecified atom stereocenters. The molecule has 0 spiro atoms. The van der Waals surface area contributed by atoms with Gasteiger partial charge in [0.2, 0.25) is 0 Å². The molecule has 0 saturated carbocycles. The molecule has 1 fully saturated rings. The van der Waals surface area contributed by atoms with E-state index in [1.165, 1.54) is 18.2 Å². The van der Waals surface area contributed by atoms with Crippen LogP contribution in [0.5, 0.6) is 0 Å². The fourth-order valence-corrected chi connectivity index (χ4v) is 7.92. The van der Waals surface area contributed by atoms with Crippen LogP contribution in [0.3, 0.4) is 0 Å². The minimum Gasteiger partial charge on any atom is -0.379 e. The van der Waals surface area contributed by atoms with Crippen molar-refractivity contribution in [2.75, 3.05) is 43.9 Å². The van der Waals surface area contributed by atoms with Gasteiger partial charge >= 0.3 is 10.2 Å². The second-order valence-corrected chi connectivity index (χ2v) is 15.3. The minimum atomic E-state index is -5.42.